The van der Waals surface area contributed by atoms with Crippen LogP contribution in [-0.2, 0) is 24.4 Å². The number of hydrogen-bond acceptors (Lipinski definition) is 4. The van der Waals surface area contributed by atoms with E-state index in [0.29, 0.717) is 19.7 Å². The lowest BCUT2D eigenvalue weighted by Gasteiger charge is -2.18. The minimum Gasteiger partial charge on any atom is -0.488 e. The first-order valence-electron chi connectivity index (χ1n) is 11.0. The minimum absolute atomic E-state index is 0. The van der Waals surface area contributed by atoms with Crippen molar-refractivity contribution >= 4 is 29.9 Å². The number of halogens is 1. The first kappa shape index (κ1) is 25.0. The third-order valence-electron chi connectivity index (χ3n) is 5.43. The molecule has 1 aliphatic rings. The number of rotatable bonds is 8. The van der Waals surface area contributed by atoms with E-state index < -0.39 is 0 Å². The highest BCUT2D eigenvalue weighted by molar-refractivity contribution is 14.0. The Morgan fingerprint density at radius 3 is 2.76 bits per heavy atom. The van der Waals surface area contributed by atoms with Crippen LogP contribution in [0.1, 0.15) is 28.7 Å². The normalized spacial score (nSPS) is 15.7. The Morgan fingerprint density at radius 1 is 1.15 bits per heavy atom. The molecule has 1 fully saturated rings. The van der Waals surface area contributed by atoms with Crippen molar-refractivity contribution in [3.63, 3.8) is 0 Å². The number of aryl methyl sites for hydroxylation is 1. The molecule has 0 saturated carbocycles. The topological polar surface area (TPSA) is 72.7 Å². The number of aromatic nitrogens is 2. The average Bonchev–Trinajstić information content (AvgIpc) is 3.50. The van der Waals surface area contributed by atoms with Gasteiger partial charge in [-0.2, -0.15) is 5.10 Å². The van der Waals surface area contributed by atoms with Gasteiger partial charge < -0.3 is 20.1 Å². The molecule has 176 valence electrons. The third kappa shape index (κ3) is 7.46. The van der Waals surface area contributed by atoms with Crippen LogP contribution < -0.4 is 15.4 Å². The molecule has 1 unspecified atom stereocenters. The number of benzene rings is 2. The van der Waals surface area contributed by atoms with E-state index in [4.69, 9.17) is 9.47 Å². The van der Waals surface area contributed by atoms with Gasteiger partial charge >= 0.3 is 0 Å². The molecule has 1 saturated heterocycles. The maximum absolute atomic E-state index is 6.21. The van der Waals surface area contributed by atoms with Crippen molar-refractivity contribution in [1.29, 1.82) is 0 Å². The van der Waals surface area contributed by atoms with Gasteiger partial charge in [0, 0.05) is 44.5 Å². The van der Waals surface area contributed by atoms with Gasteiger partial charge in [0.1, 0.15) is 11.9 Å². The Hall–Kier alpha value is -2.59. The number of guanidine groups is 1. The maximum atomic E-state index is 6.21. The first-order chi connectivity index (χ1) is 15.7. The fourth-order valence-electron chi connectivity index (χ4n) is 3.71. The number of nitrogens with zero attached hydrogens (tertiary/aromatic N) is 3. The van der Waals surface area contributed by atoms with E-state index in [0.717, 1.165) is 36.8 Å². The van der Waals surface area contributed by atoms with Crippen molar-refractivity contribution in [3.8, 4) is 5.75 Å². The van der Waals surface area contributed by atoms with Crippen LogP contribution in [0.15, 0.2) is 65.9 Å². The Balaban J connectivity index is 0.00000306. The van der Waals surface area contributed by atoms with E-state index in [-0.39, 0.29) is 30.1 Å². The maximum Gasteiger partial charge on any atom is 0.191 e. The summed E-state index contributed by atoms with van der Waals surface area (Å²) in [6.45, 7) is 5.57. The monoisotopic (exact) mass is 561 g/mol. The van der Waals surface area contributed by atoms with Gasteiger partial charge in [0.15, 0.2) is 5.96 Å². The molecule has 0 amide bonds. The molecule has 2 heterocycles. The molecular weight excluding hydrogens is 529 g/mol. The standard InChI is InChI=1S/C25H31N5O2.HI/c1-19-7-8-22(24(13-19)32-23-9-12-31-18-23)16-28-25(26-2)27-15-20-5-3-6-21(14-20)17-30-11-4-10-29-30;/h3-8,10-11,13-14,23H,9,12,15-18H2,1-2H3,(H2,26,27,28);1H. The molecule has 0 spiro atoms. The van der Waals surface area contributed by atoms with Crippen LogP contribution in [0.4, 0.5) is 0 Å². The summed E-state index contributed by atoms with van der Waals surface area (Å²) in [7, 11) is 1.78. The van der Waals surface area contributed by atoms with E-state index in [1.54, 1.807) is 13.2 Å². The van der Waals surface area contributed by atoms with Crippen molar-refractivity contribution in [2.75, 3.05) is 20.3 Å². The Kier molecular flexibility index (Phi) is 9.56. The number of aliphatic imine (C=N–C) groups is 1. The van der Waals surface area contributed by atoms with Gasteiger partial charge in [0.25, 0.3) is 0 Å². The quantitative estimate of drug-likeness (QED) is 0.248. The van der Waals surface area contributed by atoms with Gasteiger partial charge in [-0.3, -0.25) is 9.67 Å². The zero-order valence-corrected chi connectivity index (χ0v) is 21.5. The van der Waals surface area contributed by atoms with Gasteiger partial charge in [-0.25, -0.2) is 0 Å². The van der Waals surface area contributed by atoms with Crippen LogP contribution in [0.2, 0.25) is 0 Å². The van der Waals surface area contributed by atoms with Crippen LogP contribution in [0.5, 0.6) is 5.75 Å². The molecule has 3 aromatic rings. The molecular formula is C25H32IN5O2. The largest absolute Gasteiger partial charge is 0.488 e. The Labute approximate surface area is 212 Å². The van der Waals surface area contributed by atoms with Gasteiger partial charge in [-0.15, -0.1) is 24.0 Å². The lowest BCUT2D eigenvalue weighted by atomic mass is 10.1. The number of ether oxygens (including phenoxy) is 2. The molecule has 0 bridgehead atoms. The molecule has 4 rings (SSSR count). The molecule has 1 aliphatic heterocycles. The molecule has 2 aromatic carbocycles. The van der Waals surface area contributed by atoms with Gasteiger partial charge in [-0.05, 0) is 35.7 Å². The average molecular weight is 561 g/mol. The Morgan fingerprint density at radius 2 is 2.00 bits per heavy atom. The fraction of sp³-hybridized carbons (Fsp3) is 0.360. The second-order valence-corrected chi connectivity index (χ2v) is 8.02. The van der Waals surface area contributed by atoms with Crippen molar-refractivity contribution in [3.05, 3.63) is 83.2 Å². The zero-order valence-electron chi connectivity index (χ0n) is 19.2. The number of nitrogens with one attached hydrogen (secondary N) is 2. The SMILES string of the molecule is CN=C(NCc1cccc(Cn2cccn2)c1)NCc1ccc(C)cc1OC1CCOC1.I. The van der Waals surface area contributed by atoms with Gasteiger partial charge in [0.05, 0.1) is 19.8 Å². The van der Waals surface area contributed by atoms with Crippen LogP contribution in [0, 0.1) is 6.92 Å². The van der Waals surface area contributed by atoms with Crippen molar-refractivity contribution in [2.45, 2.75) is 39.1 Å². The Bertz CT molecular complexity index is 1030. The minimum atomic E-state index is 0. The number of hydrogen-bond donors (Lipinski definition) is 2. The van der Waals surface area contributed by atoms with Crippen LogP contribution in [0.3, 0.4) is 0 Å². The highest BCUT2D eigenvalue weighted by Crippen LogP contribution is 2.23. The van der Waals surface area contributed by atoms with Gasteiger partial charge in [0.2, 0.25) is 0 Å². The highest BCUT2D eigenvalue weighted by atomic mass is 127. The smallest absolute Gasteiger partial charge is 0.191 e. The van der Waals surface area contributed by atoms with E-state index in [2.05, 4.69) is 70.1 Å². The second kappa shape index (κ2) is 12.6. The molecule has 1 atom stereocenters. The summed E-state index contributed by atoms with van der Waals surface area (Å²) in [6, 6.07) is 16.8. The summed E-state index contributed by atoms with van der Waals surface area (Å²) in [5.41, 5.74) is 4.69. The van der Waals surface area contributed by atoms with E-state index in [9.17, 15) is 0 Å². The fourth-order valence-corrected chi connectivity index (χ4v) is 3.71. The predicted molar refractivity (Wildman–Crippen MR) is 141 cm³/mol. The zero-order chi connectivity index (χ0) is 22.2. The summed E-state index contributed by atoms with van der Waals surface area (Å²) in [4.78, 5) is 4.37. The molecule has 0 aliphatic carbocycles. The lowest BCUT2D eigenvalue weighted by Crippen LogP contribution is -2.36. The van der Waals surface area contributed by atoms with E-state index >= 15 is 0 Å². The summed E-state index contributed by atoms with van der Waals surface area (Å²) in [6.07, 6.45) is 4.83. The summed E-state index contributed by atoms with van der Waals surface area (Å²) in [5, 5.41) is 11.1. The summed E-state index contributed by atoms with van der Waals surface area (Å²) < 4.78 is 13.6. The molecule has 0 radical (unpaired) electrons. The van der Waals surface area contributed by atoms with Crippen LogP contribution in [-0.4, -0.2) is 42.1 Å². The highest BCUT2D eigenvalue weighted by Gasteiger charge is 2.18. The van der Waals surface area contributed by atoms with Crippen LogP contribution in [0.25, 0.3) is 0 Å². The van der Waals surface area contributed by atoms with Crippen molar-refractivity contribution < 1.29 is 9.47 Å². The third-order valence-corrected chi connectivity index (χ3v) is 5.43. The molecule has 7 nitrogen and oxygen atoms in total. The second-order valence-electron chi connectivity index (χ2n) is 8.02. The molecule has 8 heteroatoms. The van der Waals surface area contributed by atoms with E-state index in [1.165, 1.54) is 16.7 Å². The van der Waals surface area contributed by atoms with Crippen molar-refractivity contribution in [1.82, 2.24) is 20.4 Å². The van der Waals surface area contributed by atoms with Gasteiger partial charge in [-0.1, -0.05) is 36.4 Å². The molecule has 2 N–H and O–H groups in total. The van der Waals surface area contributed by atoms with E-state index in [1.807, 2.05) is 16.9 Å². The molecule has 33 heavy (non-hydrogen) atoms. The van der Waals surface area contributed by atoms with Crippen LogP contribution >= 0.6 is 24.0 Å². The lowest BCUT2D eigenvalue weighted by molar-refractivity contribution is 0.140. The predicted octanol–water partition coefficient (Wildman–Crippen LogP) is 3.89. The first-order valence-corrected chi connectivity index (χ1v) is 11.0. The summed E-state index contributed by atoms with van der Waals surface area (Å²) in [5.74, 6) is 1.66. The molecule has 1 aromatic heterocycles. The summed E-state index contributed by atoms with van der Waals surface area (Å²) >= 11 is 0. The van der Waals surface area contributed by atoms with Crippen molar-refractivity contribution in [2.24, 2.45) is 4.99 Å².